The highest BCUT2D eigenvalue weighted by Gasteiger charge is 1.97. The lowest BCUT2D eigenvalue weighted by molar-refractivity contribution is 1.20. The first-order valence-electron chi connectivity index (χ1n) is 5.60. The molecule has 1 aromatic carbocycles. The van der Waals surface area contributed by atoms with Gasteiger partial charge in [-0.3, -0.25) is 0 Å². The molecule has 17 heavy (non-hydrogen) atoms. The number of aryl methyl sites for hydroxylation is 2. The van der Waals surface area contributed by atoms with Crippen molar-refractivity contribution in [3.63, 3.8) is 0 Å². The van der Waals surface area contributed by atoms with Crippen LogP contribution in [0.3, 0.4) is 0 Å². The van der Waals surface area contributed by atoms with Crippen LogP contribution in [-0.4, -0.2) is 17.3 Å². The highest BCUT2D eigenvalue weighted by molar-refractivity contribution is 7.99. The van der Waals surface area contributed by atoms with Crippen LogP contribution in [0.5, 0.6) is 0 Å². The van der Waals surface area contributed by atoms with Crippen LogP contribution in [0.1, 0.15) is 10.4 Å². The summed E-state index contributed by atoms with van der Waals surface area (Å²) in [6.45, 7) is 5.14. The van der Waals surface area contributed by atoms with Crippen LogP contribution < -0.4 is 5.32 Å². The zero-order valence-electron chi connectivity index (χ0n) is 10.1. The summed E-state index contributed by atoms with van der Waals surface area (Å²) in [5, 5.41) is 4.35. The molecular formula is C13H16N2S2. The zero-order valence-corrected chi connectivity index (χ0v) is 11.7. The summed E-state index contributed by atoms with van der Waals surface area (Å²) in [5.74, 6) is 1.06. The van der Waals surface area contributed by atoms with E-state index in [9.17, 15) is 0 Å². The molecule has 2 aromatic rings. The van der Waals surface area contributed by atoms with Crippen molar-refractivity contribution < 1.29 is 0 Å². The fourth-order valence-electron chi connectivity index (χ4n) is 1.40. The number of benzene rings is 1. The molecule has 0 aliphatic heterocycles. The number of aromatic nitrogens is 1. The number of hydrogen-bond acceptors (Lipinski definition) is 4. The highest BCUT2D eigenvalue weighted by Crippen LogP contribution is 2.19. The molecule has 0 atom stereocenters. The third-order valence-electron chi connectivity index (χ3n) is 2.29. The van der Waals surface area contributed by atoms with Crippen molar-refractivity contribution in [2.24, 2.45) is 0 Å². The van der Waals surface area contributed by atoms with Crippen LogP contribution in [0.25, 0.3) is 0 Å². The molecule has 1 heterocycles. The van der Waals surface area contributed by atoms with Crippen molar-refractivity contribution in [2.75, 3.05) is 17.6 Å². The van der Waals surface area contributed by atoms with E-state index < -0.39 is 0 Å². The summed E-state index contributed by atoms with van der Waals surface area (Å²) in [7, 11) is 0. The number of thiazole rings is 1. The maximum absolute atomic E-state index is 4.27. The molecule has 0 amide bonds. The van der Waals surface area contributed by atoms with Gasteiger partial charge in [0.2, 0.25) is 0 Å². The molecule has 0 aliphatic carbocycles. The molecule has 0 saturated carbocycles. The van der Waals surface area contributed by atoms with Gasteiger partial charge in [0.25, 0.3) is 0 Å². The van der Waals surface area contributed by atoms with Gasteiger partial charge in [-0.25, -0.2) is 4.98 Å². The molecule has 0 bridgehead atoms. The van der Waals surface area contributed by atoms with Crippen molar-refractivity contribution in [1.29, 1.82) is 0 Å². The van der Waals surface area contributed by atoms with Gasteiger partial charge in [0.1, 0.15) is 0 Å². The Morgan fingerprint density at radius 3 is 2.65 bits per heavy atom. The number of rotatable bonds is 5. The second kappa shape index (κ2) is 6.07. The molecule has 2 nitrogen and oxygen atoms in total. The molecule has 90 valence electrons. The Morgan fingerprint density at radius 1 is 1.24 bits per heavy atom. The lowest BCUT2D eigenvalue weighted by atomic mass is 10.2. The van der Waals surface area contributed by atoms with Gasteiger partial charge in [0.15, 0.2) is 5.13 Å². The molecule has 2 rings (SSSR count). The molecule has 1 aromatic heterocycles. The summed E-state index contributed by atoms with van der Waals surface area (Å²) in [6, 6.07) is 8.65. The Kier molecular flexibility index (Phi) is 4.45. The molecule has 0 radical (unpaired) electrons. The molecule has 0 saturated heterocycles. The minimum atomic E-state index is 0.950. The monoisotopic (exact) mass is 264 g/mol. The first kappa shape index (κ1) is 12.5. The lowest BCUT2D eigenvalue weighted by Crippen LogP contribution is -2.03. The van der Waals surface area contributed by atoms with Crippen LogP contribution in [0, 0.1) is 13.8 Å². The topological polar surface area (TPSA) is 24.9 Å². The number of anilines is 1. The van der Waals surface area contributed by atoms with Gasteiger partial charge in [-0.1, -0.05) is 17.7 Å². The van der Waals surface area contributed by atoms with Gasteiger partial charge in [0.05, 0.1) is 0 Å². The summed E-state index contributed by atoms with van der Waals surface area (Å²) in [6.07, 6.45) is 1.90. The average Bonchev–Trinajstić information content (AvgIpc) is 2.73. The Hall–Kier alpha value is -1.00. The van der Waals surface area contributed by atoms with Crippen LogP contribution in [0.2, 0.25) is 0 Å². The van der Waals surface area contributed by atoms with Gasteiger partial charge in [-0.2, -0.15) is 0 Å². The van der Waals surface area contributed by atoms with Gasteiger partial charge in [0, 0.05) is 28.3 Å². The van der Waals surface area contributed by atoms with Gasteiger partial charge in [-0.15, -0.1) is 23.1 Å². The third-order valence-corrected chi connectivity index (χ3v) is 4.17. The Morgan fingerprint density at radius 2 is 2.00 bits per heavy atom. The normalized spacial score (nSPS) is 10.5. The minimum absolute atomic E-state index is 0.950. The minimum Gasteiger partial charge on any atom is -0.361 e. The molecule has 0 unspecified atom stereocenters. The van der Waals surface area contributed by atoms with Gasteiger partial charge >= 0.3 is 0 Å². The van der Waals surface area contributed by atoms with Crippen molar-refractivity contribution in [3.05, 3.63) is 40.9 Å². The Bertz CT molecular complexity index is 463. The Labute approximate surface area is 110 Å². The third kappa shape index (κ3) is 4.06. The highest BCUT2D eigenvalue weighted by atomic mass is 32.2. The van der Waals surface area contributed by atoms with E-state index in [-0.39, 0.29) is 0 Å². The van der Waals surface area contributed by atoms with E-state index in [1.54, 1.807) is 11.3 Å². The molecular weight excluding hydrogens is 248 g/mol. The van der Waals surface area contributed by atoms with E-state index in [2.05, 4.69) is 48.4 Å². The van der Waals surface area contributed by atoms with Crippen molar-refractivity contribution in [1.82, 2.24) is 4.98 Å². The van der Waals surface area contributed by atoms with Crippen molar-refractivity contribution >= 4 is 28.2 Å². The second-order valence-corrected chi connectivity index (χ2v) is 6.27. The Balaban J connectivity index is 1.71. The lowest BCUT2D eigenvalue weighted by Gasteiger charge is -2.03. The summed E-state index contributed by atoms with van der Waals surface area (Å²) >= 11 is 3.57. The van der Waals surface area contributed by atoms with Crippen LogP contribution in [0.4, 0.5) is 5.13 Å². The van der Waals surface area contributed by atoms with E-state index in [0.717, 1.165) is 17.4 Å². The zero-order chi connectivity index (χ0) is 12.1. The fourth-order valence-corrected chi connectivity index (χ4v) is 2.86. The maximum Gasteiger partial charge on any atom is 0.182 e. The molecule has 1 N–H and O–H groups in total. The predicted molar refractivity (Wildman–Crippen MR) is 77.2 cm³/mol. The quantitative estimate of drug-likeness (QED) is 0.653. The number of thioether (sulfide) groups is 1. The van der Waals surface area contributed by atoms with E-state index in [4.69, 9.17) is 0 Å². The largest absolute Gasteiger partial charge is 0.361 e. The van der Waals surface area contributed by atoms with Crippen molar-refractivity contribution in [2.45, 2.75) is 18.7 Å². The first-order chi connectivity index (χ1) is 8.24. The molecule has 4 heteroatoms. The predicted octanol–water partition coefficient (Wildman–Crippen LogP) is 3.96. The van der Waals surface area contributed by atoms with Gasteiger partial charge < -0.3 is 5.32 Å². The molecule has 0 spiro atoms. The average molecular weight is 264 g/mol. The van der Waals surface area contributed by atoms with E-state index in [1.807, 2.05) is 18.0 Å². The first-order valence-corrected chi connectivity index (χ1v) is 7.40. The van der Waals surface area contributed by atoms with E-state index in [1.165, 1.54) is 15.3 Å². The number of nitrogens with one attached hydrogen (secondary N) is 1. The summed E-state index contributed by atoms with van der Waals surface area (Å²) < 4.78 is 0. The maximum atomic E-state index is 4.27. The standard InChI is InChI=1S/C13H16N2S2/c1-10-3-5-12(6-4-10)16-8-7-14-13-15-9-11(2)17-13/h3-6,9H,7-8H2,1-2H3,(H,14,15). The summed E-state index contributed by atoms with van der Waals surface area (Å²) in [4.78, 5) is 6.85. The summed E-state index contributed by atoms with van der Waals surface area (Å²) in [5.41, 5.74) is 1.31. The SMILES string of the molecule is Cc1ccc(SCCNc2ncc(C)s2)cc1. The number of nitrogens with zero attached hydrogens (tertiary/aromatic N) is 1. The fraction of sp³-hybridized carbons (Fsp3) is 0.308. The smallest absolute Gasteiger partial charge is 0.182 e. The van der Waals surface area contributed by atoms with Gasteiger partial charge in [-0.05, 0) is 26.0 Å². The van der Waals surface area contributed by atoms with Crippen molar-refractivity contribution in [3.8, 4) is 0 Å². The van der Waals surface area contributed by atoms with Crippen LogP contribution in [-0.2, 0) is 0 Å². The molecule has 0 fully saturated rings. The number of hydrogen-bond donors (Lipinski definition) is 1. The van der Waals surface area contributed by atoms with Crippen LogP contribution >= 0.6 is 23.1 Å². The second-order valence-electron chi connectivity index (χ2n) is 3.86. The van der Waals surface area contributed by atoms with Crippen LogP contribution in [0.15, 0.2) is 35.4 Å². The van der Waals surface area contributed by atoms with E-state index >= 15 is 0 Å². The van der Waals surface area contributed by atoms with E-state index in [0.29, 0.717) is 0 Å². The molecule has 0 aliphatic rings.